The zero-order valence-electron chi connectivity index (χ0n) is 28.8. The van der Waals surface area contributed by atoms with Crippen LogP contribution in [-0.2, 0) is 84.5 Å². The minimum absolute atomic E-state index is 0. The molecule has 1 aliphatic rings. The van der Waals surface area contributed by atoms with E-state index in [0.717, 1.165) is 37.5 Å². The average Bonchev–Trinajstić information content (AvgIpc) is 3.00. The van der Waals surface area contributed by atoms with E-state index in [1.54, 1.807) is 0 Å². The first-order valence-corrected chi connectivity index (χ1v) is 17.8. The summed E-state index contributed by atoms with van der Waals surface area (Å²) < 4.78 is 9.07. The molecule has 0 amide bonds. The molecule has 0 N–H and O–H groups in total. The van der Waals surface area contributed by atoms with Crippen molar-refractivity contribution in [3.8, 4) is 0 Å². The van der Waals surface area contributed by atoms with Gasteiger partial charge in [0.15, 0.2) is 0 Å². The van der Waals surface area contributed by atoms with Crippen LogP contribution in [0.2, 0.25) is 0 Å². The second-order valence-electron chi connectivity index (χ2n) is 12.7. The Hall–Kier alpha value is 0.628. The number of hydrogen-bond acceptors (Lipinski definition) is 4. The molecule has 4 atom stereocenters. The van der Waals surface area contributed by atoms with Crippen molar-refractivity contribution in [2.75, 3.05) is 0 Å². The molecule has 0 aromatic rings. The van der Waals surface area contributed by atoms with E-state index < -0.39 is 0 Å². The van der Waals surface area contributed by atoms with E-state index in [1.807, 2.05) is 0 Å². The molecular weight excluding hydrogens is 698 g/mol. The van der Waals surface area contributed by atoms with Crippen LogP contribution in [0.5, 0.6) is 0 Å². The van der Waals surface area contributed by atoms with Gasteiger partial charge in [0, 0.05) is 78.3 Å². The first kappa shape index (κ1) is 46.7. The largest absolute Gasteiger partial charge is 0.640 e. The van der Waals surface area contributed by atoms with E-state index in [1.165, 1.54) is 116 Å². The molecule has 0 saturated heterocycles. The molecule has 0 saturated carbocycles. The molecule has 1 aliphatic carbocycles. The van der Waals surface area contributed by atoms with Crippen molar-refractivity contribution in [2.24, 2.45) is 23.7 Å². The summed E-state index contributed by atoms with van der Waals surface area (Å²) in [7, 11) is 6.44. The number of carbonyl (C=O) groups excluding carboxylic acids is 2. The summed E-state index contributed by atoms with van der Waals surface area (Å²) >= 11 is 0. The topological polar surface area (TPSA) is 52.6 Å². The predicted molar refractivity (Wildman–Crippen MR) is 177 cm³/mol. The predicted octanol–water partition coefficient (Wildman–Crippen LogP) is 11.6. The fraction of sp³-hybridized carbons (Fsp3) is 0.789. The van der Waals surface area contributed by atoms with Gasteiger partial charge in [-0.05, 0) is 75.0 Å². The molecule has 2 radical (unpaired) electrons. The van der Waals surface area contributed by atoms with Crippen LogP contribution in [0.3, 0.4) is 0 Å². The van der Waals surface area contributed by atoms with E-state index in [9.17, 15) is 9.59 Å². The Morgan fingerprint density at radius 1 is 0.568 bits per heavy atom. The number of carbonyl (C=O) groups is 2. The molecule has 44 heavy (non-hydrogen) atoms. The van der Waals surface area contributed by atoms with E-state index >= 15 is 0 Å². The van der Waals surface area contributed by atoms with Crippen LogP contribution >= 0.6 is 0 Å². The minimum Gasteiger partial charge on any atom is -0.640 e. The van der Waals surface area contributed by atoms with Crippen LogP contribution in [0.4, 0.5) is 0 Å². The first-order chi connectivity index (χ1) is 20.6. The SMILES string of the molecule is [CH2-]OC(=O)CCCCCCCC1C=CC(CCCCCC)C(C/C=C/CCCCC)C1CCCCCCCC(=O)O[CH2-].[Y].[Y]. The number of allylic oxidation sites excluding steroid dienone is 4. The van der Waals surface area contributed by atoms with E-state index in [2.05, 4.69) is 61.8 Å². The smallest absolute Gasteiger partial charge is 0.274 e. The molecular formula is C38H66O4Y2-2. The third-order valence-electron chi connectivity index (χ3n) is 9.35. The van der Waals surface area contributed by atoms with Crippen molar-refractivity contribution in [1.82, 2.24) is 0 Å². The molecule has 250 valence electrons. The van der Waals surface area contributed by atoms with Crippen molar-refractivity contribution < 1.29 is 84.5 Å². The van der Waals surface area contributed by atoms with E-state index in [-0.39, 0.29) is 77.4 Å². The minimum atomic E-state index is -0.194. The van der Waals surface area contributed by atoms with Gasteiger partial charge in [-0.25, -0.2) is 0 Å². The van der Waals surface area contributed by atoms with Gasteiger partial charge >= 0.3 is 0 Å². The second-order valence-corrected chi connectivity index (χ2v) is 12.7. The van der Waals surface area contributed by atoms with Crippen LogP contribution < -0.4 is 0 Å². The van der Waals surface area contributed by atoms with Gasteiger partial charge in [0.05, 0.1) is 0 Å². The molecule has 0 aromatic heterocycles. The van der Waals surface area contributed by atoms with Gasteiger partial charge in [0.1, 0.15) is 0 Å². The van der Waals surface area contributed by atoms with Gasteiger partial charge in [0.25, 0.3) is 11.9 Å². The molecule has 0 aromatic carbocycles. The Morgan fingerprint density at radius 3 is 1.52 bits per heavy atom. The molecule has 1 rings (SSSR count). The van der Waals surface area contributed by atoms with Gasteiger partial charge < -0.3 is 9.47 Å². The number of hydrogen-bond donors (Lipinski definition) is 0. The fourth-order valence-electron chi connectivity index (χ4n) is 6.80. The van der Waals surface area contributed by atoms with Gasteiger partial charge in [-0.2, -0.15) is 14.2 Å². The van der Waals surface area contributed by atoms with Gasteiger partial charge in [-0.3, -0.25) is 9.59 Å². The van der Waals surface area contributed by atoms with Gasteiger partial charge in [-0.1, -0.05) is 128 Å². The number of unbranched alkanes of at least 4 members (excludes halogenated alkanes) is 14. The van der Waals surface area contributed by atoms with Crippen molar-refractivity contribution in [2.45, 2.75) is 168 Å². The Labute approximate surface area is 323 Å². The summed E-state index contributed by atoms with van der Waals surface area (Å²) in [6, 6.07) is 0. The zero-order chi connectivity index (χ0) is 30.7. The van der Waals surface area contributed by atoms with Crippen LogP contribution in [-0.4, -0.2) is 11.9 Å². The normalized spacial score (nSPS) is 19.4. The van der Waals surface area contributed by atoms with Crippen molar-refractivity contribution in [1.29, 1.82) is 0 Å². The molecule has 6 heteroatoms. The maximum Gasteiger partial charge on any atom is 0.274 e. The Balaban J connectivity index is 0. The molecule has 0 bridgehead atoms. The van der Waals surface area contributed by atoms with Crippen LogP contribution in [0.1, 0.15) is 168 Å². The zero-order valence-corrected chi connectivity index (χ0v) is 34.5. The third-order valence-corrected chi connectivity index (χ3v) is 9.35. The first-order valence-electron chi connectivity index (χ1n) is 17.8. The van der Waals surface area contributed by atoms with Crippen LogP contribution in [0, 0.1) is 37.9 Å². The summed E-state index contributed by atoms with van der Waals surface area (Å²) in [5, 5.41) is 0. The quantitative estimate of drug-likeness (QED) is 0.0362. The summed E-state index contributed by atoms with van der Waals surface area (Å²) in [5.41, 5.74) is 0. The molecule has 0 spiro atoms. The van der Waals surface area contributed by atoms with Crippen LogP contribution in [0.15, 0.2) is 24.3 Å². The summed E-state index contributed by atoms with van der Waals surface area (Å²) in [4.78, 5) is 22.7. The maximum atomic E-state index is 11.4. The van der Waals surface area contributed by atoms with Gasteiger partial charge in [0.2, 0.25) is 0 Å². The monoisotopic (exact) mass is 764 g/mol. The Bertz CT molecular complexity index is 724. The molecule has 0 fully saturated rings. The number of ether oxygens (including phenoxy) is 2. The maximum absolute atomic E-state index is 11.4. The van der Waals surface area contributed by atoms with E-state index in [4.69, 9.17) is 0 Å². The third kappa shape index (κ3) is 23.9. The van der Waals surface area contributed by atoms with Crippen LogP contribution in [0.25, 0.3) is 0 Å². The summed E-state index contributed by atoms with van der Waals surface area (Å²) in [5.74, 6) is 2.53. The Morgan fingerprint density at radius 2 is 1.00 bits per heavy atom. The molecule has 4 unspecified atom stereocenters. The Kier molecular flexibility index (Phi) is 35.6. The van der Waals surface area contributed by atoms with Crippen molar-refractivity contribution in [3.05, 3.63) is 38.5 Å². The second kappa shape index (κ2) is 33.5. The summed E-state index contributed by atoms with van der Waals surface area (Å²) in [6.07, 6.45) is 38.4. The van der Waals surface area contributed by atoms with Crippen molar-refractivity contribution >= 4 is 11.9 Å². The summed E-state index contributed by atoms with van der Waals surface area (Å²) in [6.45, 7) is 4.58. The van der Waals surface area contributed by atoms with Gasteiger partial charge in [-0.15, -0.1) is 0 Å². The molecule has 0 aliphatic heterocycles. The fourth-order valence-corrected chi connectivity index (χ4v) is 6.80. The van der Waals surface area contributed by atoms with Crippen molar-refractivity contribution in [3.63, 3.8) is 0 Å². The standard InChI is InChI=1S/C38H66O4.2Y/c1-5-7-9-11-15-21-27-35-33(25-19-10-8-6-2)31-32-34(26-20-14-12-17-23-29-37(39)41-3)36(35)28-22-16-13-18-24-30-38(40)42-4;;/h15,21,31-36H,3-14,16-20,22-30H2,1-2H3;;/q-2;;/b21-15+;;. The van der Waals surface area contributed by atoms with E-state index in [0.29, 0.717) is 24.7 Å². The average molecular weight is 765 g/mol. The number of esters is 2. The molecule has 4 nitrogen and oxygen atoms in total. The molecule has 0 heterocycles. The number of rotatable bonds is 27.